The van der Waals surface area contributed by atoms with Gasteiger partial charge in [-0.25, -0.2) is 0 Å². The van der Waals surface area contributed by atoms with E-state index in [0.717, 1.165) is 25.8 Å². The molecule has 1 aromatic rings. The highest BCUT2D eigenvalue weighted by Gasteiger charge is 2.27. The summed E-state index contributed by atoms with van der Waals surface area (Å²) >= 11 is 6.37. The van der Waals surface area contributed by atoms with Gasteiger partial charge in [-0.2, -0.15) is 0 Å². The number of likely N-dealkylation sites (tertiary alicyclic amines) is 1. The maximum absolute atomic E-state index is 12.9. The lowest BCUT2D eigenvalue weighted by atomic mass is 9.92. The maximum Gasteiger partial charge on any atom is 0.254 e. The molecule has 0 aromatic heterocycles. The molecule has 148 valence electrons. The summed E-state index contributed by atoms with van der Waals surface area (Å²) < 4.78 is 11.4. The molecule has 2 unspecified atom stereocenters. The van der Waals surface area contributed by atoms with Crippen molar-refractivity contribution in [2.24, 2.45) is 11.7 Å². The number of amides is 1. The molecule has 2 rings (SSSR count). The number of rotatable bonds is 7. The van der Waals surface area contributed by atoms with E-state index in [2.05, 4.69) is 0 Å². The Hall–Kier alpha value is -1.17. The first-order valence-corrected chi connectivity index (χ1v) is 9.49. The lowest BCUT2D eigenvalue weighted by molar-refractivity contribution is 0.0660. The summed E-state index contributed by atoms with van der Waals surface area (Å²) in [7, 11) is 0. The van der Waals surface area contributed by atoms with Crippen LogP contribution >= 0.6 is 24.0 Å². The molecule has 1 heterocycles. The minimum absolute atomic E-state index is 0. The van der Waals surface area contributed by atoms with Gasteiger partial charge in [-0.1, -0.05) is 18.5 Å². The van der Waals surface area contributed by atoms with Crippen LogP contribution in [0, 0.1) is 5.92 Å². The van der Waals surface area contributed by atoms with Crippen molar-refractivity contribution in [3.63, 3.8) is 0 Å². The summed E-state index contributed by atoms with van der Waals surface area (Å²) in [5.74, 6) is 1.34. The Kier molecular flexibility index (Phi) is 9.55. The molecule has 26 heavy (non-hydrogen) atoms. The van der Waals surface area contributed by atoms with Crippen molar-refractivity contribution in [3.05, 3.63) is 22.7 Å². The first kappa shape index (κ1) is 22.9. The van der Waals surface area contributed by atoms with Gasteiger partial charge in [-0.3, -0.25) is 4.79 Å². The fraction of sp³-hybridized carbons (Fsp3) is 0.632. The predicted molar refractivity (Wildman–Crippen MR) is 108 cm³/mol. The smallest absolute Gasteiger partial charge is 0.254 e. The van der Waals surface area contributed by atoms with Crippen LogP contribution in [0.2, 0.25) is 5.02 Å². The lowest BCUT2D eigenvalue weighted by Gasteiger charge is -2.34. The van der Waals surface area contributed by atoms with Crippen LogP contribution < -0.4 is 15.2 Å². The van der Waals surface area contributed by atoms with Gasteiger partial charge < -0.3 is 20.1 Å². The average molecular weight is 405 g/mol. The summed E-state index contributed by atoms with van der Waals surface area (Å²) in [5.41, 5.74) is 6.56. The molecule has 2 atom stereocenters. The SMILES string of the molecule is CCCOc1c(Cl)cc(C(=O)N2CCCC(C(C)N)C2)cc1OCC.Cl. The van der Waals surface area contributed by atoms with Gasteiger partial charge in [-0.05, 0) is 51.2 Å². The highest BCUT2D eigenvalue weighted by molar-refractivity contribution is 6.32. The molecule has 0 spiro atoms. The average Bonchev–Trinajstić information content (AvgIpc) is 2.60. The fourth-order valence-corrected chi connectivity index (χ4v) is 3.37. The number of carbonyl (C=O) groups excluding carboxylic acids is 1. The molecule has 1 aromatic carbocycles. The molecule has 0 radical (unpaired) electrons. The first-order valence-electron chi connectivity index (χ1n) is 9.11. The number of hydrogen-bond acceptors (Lipinski definition) is 4. The summed E-state index contributed by atoms with van der Waals surface area (Å²) in [6, 6.07) is 3.49. The Morgan fingerprint density at radius 3 is 2.73 bits per heavy atom. The van der Waals surface area contributed by atoms with Gasteiger partial charge in [0.25, 0.3) is 5.91 Å². The van der Waals surface area contributed by atoms with Crippen molar-refractivity contribution in [2.45, 2.75) is 46.1 Å². The Bertz CT molecular complexity index is 596. The quantitative estimate of drug-likeness (QED) is 0.740. The molecule has 1 aliphatic rings. The van der Waals surface area contributed by atoms with Crippen molar-refractivity contribution in [1.82, 2.24) is 4.90 Å². The second-order valence-corrected chi connectivity index (χ2v) is 6.99. The molecule has 0 saturated carbocycles. The minimum atomic E-state index is -0.0322. The minimum Gasteiger partial charge on any atom is -0.490 e. The molecular formula is C19H30Cl2N2O3. The van der Waals surface area contributed by atoms with Gasteiger partial charge in [0.15, 0.2) is 11.5 Å². The summed E-state index contributed by atoms with van der Waals surface area (Å²) in [6.07, 6.45) is 2.91. The van der Waals surface area contributed by atoms with Crippen molar-refractivity contribution in [3.8, 4) is 11.5 Å². The van der Waals surface area contributed by atoms with Gasteiger partial charge in [-0.15, -0.1) is 12.4 Å². The van der Waals surface area contributed by atoms with Crippen LogP contribution in [0.4, 0.5) is 0 Å². The number of ether oxygens (including phenoxy) is 2. The summed E-state index contributed by atoms with van der Waals surface area (Å²) in [5, 5.41) is 0.406. The summed E-state index contributed by atoms with van der Waals surface area (Å²) in [4.78, 5) is 14.8. The second kappa shape index (κ2) is 10.9. The molecule has 1 aliphatic heterocycles. The molecule has 0 aliphatic carbocycles. The number of nitrogens with zero attached hydrogens (tertiary/aromatic N) is 1. The number of nitrogens with two attached hydrogens (primary N) is 1. The van der Waals surface area contributed by atoms with E-state index in [9.17, 15) is 4.79 Å². The van der Waals surface area contributed by atoms with Crippen LogP contribution in [0.15, 0.2) is 12.1 Å². The van der Waals surface area contributed by atoms with E-state index in [1.54, 1.807) is 12.1 Å². The Labute approximate surface area is 167 Å². The van der Waals surface area contributed by atoms with Gasteiger partial charge in [0.05, 0.1) is 18.2 Å². The molecule has 5 nitrogen and oxygen atoms in total. The van der Waals surface area contributed by atoms with Gasteiger partial charge in [0, 0.05) is 24.7 Å². The maximum atomic E-state index is 12.9. The fourth-order valence-electron chi connectivity index (χ4n) is 3.10. The van der Waals surface area contributed by atoms with E-state index in [0.29, 0.717) is 47.8 Å². The van der Waals surface area contributed by atoms with E-state index in [-0.39, 0.29) is 24.4 Å². The number of piperidine rings is 1. The molecule has 0 bridgehead atoms. The lowest BCUT2D eigenvalue weighted by Crippen LogP contribution is -2.45. The molecule has 2 N–H and O–H groups in total. The van der Waals surface area contributed by atoms with Crippen LogP contribution in [0.5, 0.6) is 11.5 Å². The number of carbonyl (C=O) groups is 1. The predicted octanol–water partition coefficient (Wildman–Crippen LogP) is 4.15. The van der Waals surface area contributed by atoms with E-state index in [1.165, 1.54) is 0 Å². The third-order valence-electron chi connectivity index (χ3n) is 4.50. The Morgan fingerprint density at radius 2 is 2.12 bits per heavy atom. The zero-order valence-electron chi connectivity index (χ0n) is 15.8. The normalized spacial score (nSPS) is 18.0. The van der Waals surface area contributed by atoms with Crippen molar-refractivity contribution >= 4 is 29.9 Å². The summed E-state index contributed by atoms with van der Waals surface area (Å²) in [6.45, 7) is 8.38. The zero-order valence-corrected chi connectivity index (χ0v) is 17.4. The van der Waals surface area contributed by atoms with Gasteiger partial charge >= 0.3 is 0 Å². The van der Waals surface area contributed by atoms with Gasteiger partial charge in [0.1, 0.15) is 0 Å². The second-order valence-electron chi connectivity index (χ2n) is 6.58. The number of benzene rings is 1. The van der Waals surface area contributed by atoms with E-state index >= 15 is 0 Å². The number of halogens is 2. The monoisotopic (exact) mass is 404 g/mol. The standard InChI is InChI=1S/C19H29ClN2O3.ClH/c1-4-9-25-18-16(20)10-15(11-17(18)24-5-2)19(23)22-8-6-7-14(12-22)13(3)21;/h10-11,13-14H,4-9,12,21H2,1-3H3;1H. The van der Waals surface area contributed by atoms with Crippen LogP contribution in [0.25, 0.3) is 0 Å². The van der Waals surface area contributed by atoms with Gasteiger partial charge in [0.2, 0.25) is 0 Å². The zero-order chi connectivity index (χ0) is 18.4. The van der Waals surface area contributed by atoms with Crippen LogP contribution in [-0.2, 0) is 0 Å². The molecule has 1 saturated heterocycles. The van der Waals surface area contributed by atoms with Crippen molar-refractivity contribution in [1.29, 1.82) is 0 Å². The highest BCUT2D eigenvalue weighted by atomic mass is 35.5. The Morgan fingerprint density at radius 1 is 1.38 bits per heavy atom. The van der Waals surface area contributed by atoms with Crippen LogP contribution in [-0.4, -0.2) is 43.2 Å². The largest absolute Gasteiger partial charge is 0.490 e. The van der Waals surface area contributed by atoms with Crippen molar-refractivity contribution < 1.29 is 14.3 Å². The molecule has 7 heteroatoms. The van der Waals surface area contributed by atoms with Crippen molar-refractivity contribution in [2.75, 3.05) is 26.3 Å². The number of hydrogen-bond donors (Lipinski definition) is 1. The molecular weight excluding hydrogens is 375 g/mol. The molecule has 1 amide bonds. The Balaban J connectivity index is 0.00000338. The highest BCUT2D eigenvalue weighted by Crippen LogP contribution is 2.37. The topological polar surface area (TPSA) is 64.8 Å². The van der Waals surface area contributed by atoms with Crippen LogP contribution in [0.1, 0.15) is 50.4 Å². The third kappa shape index (κ3) is 5.66. The van der Waals surface area contributed by atoms with Crippen LogP contribution in [0.3, 0.4) is 0 Å². The third-order valence-corrected chi connectivity index (χ3v) is 4.78. The van der Waals surface area contributed by atoms with E-state index < -0.39 is 0 Å². The first-order chi connectivity index (χ1) is 12.0. The molecule has 1 fully saturated rings. The van der Waals surface area contributed by atoms with E-state index in [1.807, 2.05) is 25.7 Å². The van der Waals surface area contributed by atoms with E-state index in [4.69, 9.17) is 26.8 Å².